The lowest BCUT2D eigenvalue weighted by molar-refractivity contribution is 0.268. The topological polar surface area (TPSA) is 33.1 Å². The summed E-state index contributed by atoms with van der Waals surface area (Å²) in [6, 6.07) is 9.76. The highest BCUT2D eigenvalue weighted by atomic mass is 32.1. The number of pyridine rings is 1. The first kappa shape index (κ1) is 18.5. The highest BCUT2D eigenvalue weighted by Crippen LogP contribution is 2.43. The molecule has 27 heavy (non-hydrogen) atoms. The molecule has 1 aliphatic carbocycles. The van der Waals surface area contributed by atoms with Crippen LogP contribution in [-0.2, 0) is 0 Å². The van der Waals surface area contributed by atoms with Gasteiger partial charge >= 0.3 is 0 Å². The van der Waals surface area contributed by atoms with Crippen LogP contribution >= 0.6 is 12.2 Å². The lowest BCUT2D eigenvalue weighted by Crippen LogP contribution is -2.35. The molecule has 0 amide bonds. The Kier molecular flexibility index (Phi) is 4.97. The molecular weight excluding hydrogens is 352 g/mol. The minimum atomic E-state index is 0.0821. The first-order chi connectivity index (χ1) is 13.0. The molecule has 1 N–H and O–H groups in total. The van der Waals surface area contributed by atoms with Crippen molar-refractivity contribution in [1.29, 1.82) is 0 Å². The van der Waals surface area contributed by atoms with Crippen molar-refractivity contribution in [3.05, 3.63) is 53.1 Å². The Bertz CT molecular complexity index is 820. The van der Waals surface area contributed by atoms with Crippen LogP contribution in [0, 0.1) is 13.8 Å². The molecule has 2 atom stereocenters. The molecule has 0 aromatic carbocycles. The zero-order valence-electron chi connectivity index (χ0n) is 16.8. The van der Waals surface area contributed by atoms with Gasteiger partial charge in [0.1, 0.15) is 0 Å². The SMILES string of the molecule is Cc1cc([C@@H]2[C@H](c3ccccn3)NC(=S)N2C(C)C)c(C)n1C1CCCC1. The standard InChI is InChI=1S/C22H30N4S/c1-14(2)25-21(20(24-22(25)27)19-11-7-8-12-23-19)18-13-15(3)26(16(18)4)17-9-5-6-10-17/h7-8,11-14,17,20-21H,5-6,9-10H2,1-4H3,(H,24,27)/t20-,21+/m0/s1. The summed E-state index contributed by atoms with van der Waals surface area (Å²) in [6.07, 6.45) is 7.17. The second-order valence-electron chi connectivity index (χ2n) is 8.26. The van der Waals surface area contributed by atoms with Gasteiger partial charge in [-0.15, -0.1) is 0 Å². The van der Waals surface area contributed by atoms with E-state index in [2.05, 4.69) is 65.7 Å². The molecule has 144 valence electrons. The van der Waals surface area contributed by atoms with Gasteiger partial charge in [0.2, 0.25) is 0 Å². The predicted octanol–water partition coefficient (Wildman–Crippen LogP) is 5.00. The third-order valence-electron chi connectivity index (χ3n) is 6.22. The third-order valence-corrected chi connectivity index (χ3v) is 6.55. The smallest absolute Gasteiger partial charge is 0.170 e. The molecule has 0 bridgehead atoms. The first-order valence-electron chi connectivity index (χ1n) is 10.2. The van der Waals surface area contributed by atoms with Gasteiger partial charge in [0.25, 0.3) is 0 Å². The monoisotopic (exact) mass is 382 g/mol. The van der Waals surface area contributed by atoms with E-state index in [1.165, 1.54) is 42.6 Å². The van der Waals surface area contributed by atoms with E-state index < -0.39 is 0 Å². The van der Waals surface area contributed by atoms with Crippen LogP contribution in [0.2, 0.25) is 0 Å². The average molecular weight is 383 g/mol. The molecule has 2 fully saturated rings. The fourth-order valence-electron chi connectivity index (χ4n) is 5.08. The molecule has 3 heterocycles. The van der Waals surface area contributed by atoms with E-state index in [1.54, 1.807) is 0 Å². The van der Waals surface area contributed by atoms with Crippen molar-refractivity contribution in [2.45, 2.75) is 77.5 Å². The van der Waals surface area contributed by atoms with Crippen molar-refractivity contribution in [2.24, 2.45) is 0 Å². The number of nitrogens with one attached hydrogen (secondary N) is 1. The second-order valence-corrected chi connectivity index (χ2v) is 8.65. The van der Waals surface area contributed by atoms with Gasteiger partial charge in [0.15, 0.2) is 5.11 Å². The Morgan fingerprint density at radius 3 is 2.56 bits per heavy atom. The summed E-state index contributed by atoms with van der Waals surface area (Å²) in [5.41, 5.74) is 5.20. The summed E-state index contributed by atoms with van der Waals surface area (Å²) >= 11 is 5.74. The summed E-state index contributed by atoms with van der Waals surface area (Å²) in [4.78, 5) is 7.00. The van der Waals surface area contributed by atoms with E-state index in [-0.39, 0.29) is 12.1 Å². The third kappa shape index (κ3) is 3.16. The molecule has 5 heteroatoms. The summed E-state index contributed by atoms with van der Waals surface area (Å²) < 4.78 is 2.58. The number of aryl methyl sites for hydroxylation is 1. The minimum absolute atomic E-state index is 0.0821. The zero-order valence-corrected chi connectivity index (χ0v) is 17.6. The highest BCUT2D eigenvalue weighted by molar-refractivity contribution is 7.80. The molecule has 1 aliphatic heterocycles. The van der Waals surface area contributed by atoms with Crippen molar-refractivity contribution >= 4 is 17.3 Å². The quantitative estimate of drug-likeness (QED) is 0.755. The van der Waals surface area contributed by atoms with Crippen LogP contribution in [0.1, 0.15) is 80.3 Å². The molecule has 2 aromatic rings. The molecule has 0 unspecified atom stereocenters. The molecule has 4 rings (SSSR count). The maximum Gasteiger partial charge on any atom is 0.170 e. The van der Waals surface area contributed by atoms with E-state index >= 15 is 0 Å². The summed E-state index contributed by atoms with van der Waals surface area (Å²) in [6.45, 7) is 8.98. The average Bonchev–Trinajstić information content (AvgIpc) is 3.34. The number of hydrogen-bond donors (Lipinski definition) is 1. The maximum absolute atomic E-state index is 5.74. The Balaban J connectivity index is 1.80. The van der Waals surface area contributed by atoms with Gasteiger partial charge < -0.3 is 14.8 Å². The first-order valence-corrected chi connectivity index (χ1v) is 10.6. The van der Waals surface area contributed by atoms with Gasteiger partial charge in [-0.05, 0) is 76.5 Å². The Morgan fingerprint density at radius 2 is 1.93 bits per heavy atom. The van der Waals surface area contributed by atoms with Gasteiger partial charge in [-0.25, -0.2) is 0 Å². The lowest BCUT2D eigenvalue weighted by Gasteiger charge is -2.31. The van der Waals surface area contributed by atoms with Crippen molar-refractivity contribution in [1.82, 2.24) is 19.8 Å². The van der Waals surface area contributed by atoms with Gasteiger partial charge in [-0.2, -0.15) is 0 Å². The van der Waals surface area contributed by atoms with Gasteiger partial charge in [-0.3, -0.25) is 4.98 Å². The Morgan fingerprint density at radius 1 is 1.19 bits per heavy atom. The number of hydrogen-bond acceptors (Lipinski definition) is 2. The summed E-state index contributed by atoms with van der Waals surface area (Å²) in [5, 5.41) is 4.39. The summed E-state index contributed by atoms with van der Waals surface area (Å²) in [7, 11) is 0. The van der Waals surface area contributed by atoms with Crippen molar-refractivity contribution in [3.63, 3.8) is 0 Å². The summed E-state index contributed by atoms with van der Waals surface area (Å²) in [5.74, 6) is 0. The maximum atomic E-state index is 5.74. The van der Waals surface area contributed by atoms with Gasteiger partial charge in [0, 0.05) is 29.7 Å². The van der Waals surface area contributed by atoms with Crippen molar-refractivity contribution in [2.75, 3.05) is 0 Å². The molecule has 2 aliphatic rings. The van der Waals surface area contributed by atoms with Crippen LogP contribution in [0.4, 0.5) is 0 Å². The van der Waals surface area contributed by atoms with E-state index in [0.717, 1.165) is 10.8 Å². The zero-order chi connectivity index (χ0) is 19.1. The van der Waals surface area contributed by atoms with E-state index in [1.807, 2.05) is 12.3 Å². The van der Waals surface area contributed by atoms with Crippen LogP contribution in [0.15, 0.2) is 30.5 Å². The van der Waals surface area contributed by atoms with Crippen LogP contribution in [0.25, 0.3) is 0 Å². The molecule has 0 radical (unpaired) electrons. The number of aromatic nitrogens is 2. The number of thiocarbonyl (C=S) groups is 1. The predicted molar refractivity (Wildman–Crippen MR) is 114 cm³/mol. The fourth-order valence-corrected chi connectivity index (χ4v) is 5.53. The molecule has 1 saturated carbocycles. The number of rotatable bonds is 4. The van der Waals surface area contributed by atoms with Crippen molar-refractivity contribution in [3.8, 4) is 0 Å². The Labute approximate surface area is 168 Å². The lowest BCUT2D eigenvalue weighted by atomic mass is 9.96. The molecule has 4 nitrogen and oxygen atoms in total. The molecular formula is C22H30N4S. The van der Waals surface area contributed by atoms with Crippen LogP contribution in [-0.4, -0.2) is 25.6 Å². The normalized spacial score (nSPS) is 23.4. The van der Waals surface area contributed by atoms with E-state index in [4.69, 9.17) is 12.2 Å². The minimum Gasteiger partial charge on any atom is -0.352 e. The Hall–Kier alpha value is -1.88. The number of nitrogens with zero attached hydrogens (tertiary/aromatic N) is 3. The van der Waals surface area contributed by atoms with Gasteiger partial charge in [-0.1, -0.05) is 18.9 Å². The van der Waals surface area contributed by atoms with Crippen LogP contribution in [0.5, 0.6) is 0 Å². The van der Waals surface area contributed by atoms with Crippen molar-refractivity contribution < 1.29 is 0 Å². The van der Waals surface area contributed by atoms with Crippen LogP contribution in [0.3, 0.4) is 0 Å². The van der Waals surface area contributed by atoms with E-state index in [9.17, 15) is 0 Å². The largest absolute Gasteiger partial charge is 0.352 e. The molecule has 2 aromatic heterocycles. The molecule has 0 spiro atoms. The molecule has 1 saturated heterocycles. The highest BCUT2D eigenvalue weighted by Gasteiger charge is 2.42. The van der Waals surface area contributed by atoms with Crippen LogP contribution < -0.4 is 5.32 Å². The fraction of sp³-hybridized carbons (Fsp3) is 0.545. The second kappa shape index (κ2) is 7.27. The van der Waals surface area contributed by atoms with E-state index in [0.29, 0.717) is 12.1 Å². The van der Waals surface area contributed by atoms with Gasteiger partial charge in [0.05, 0.1) is 17.8 Å².